The predicted octanol–water partition coefficient (Wildman–Crippen LogP) is 6.84. The first-order valence-corrected chi connectivity index (χ1v) is 16.3. The van der Waals surface area contributed by atoms with Crippen molar-refractivity contribution < 1.29 is 23.4 Å². The number of carbonyl (C=O) groups is 1. The van der Waals surface area contributed by atoms with Gasteiger partial charge in [-0.1, -0.05) is 50.0 Å². The first-order chi connectivity index (χ1) is 17.2. The number of ether oxygens (including phenoxy) is 3. The number of methoxy groups -OCH3 is 1. The molecule has 0 spiro atoms. The largest absolute Gasteiger partial charge is 0.497 e. The molecule has 3 aromatic rings. The topological polar surface area (TPSA) is 48.0 Å². The zero-order chi connectivity index (χ0) is 25.7. The van der Waals surface area contributed by atoms with Gasteiger partial charge in [0.05, 0.1) is 33.0 Å². The normalized spacial score (nSPS) is 18.3. The van der Waals surface area contributed by atoms with Gasteiger partial charge >= 0.3 is 6.09 Å². The van der Waals surface area contributed by atoms with Gasteiger partial charge in [-0.15, -0.1) is 0 Å². The van der Waals surface area contributed by atoms with Crippen LogP contribution in [0.2, 0.25) is 25.7 Å². The fourth-order valence-corrected chi connectivity index (χ4v) is 5.29. The first-order valence-electron chi connectivity index (χ1n) is 12.6. The first kappa shape index (κ1) is 26.2. The van der Waals surface area contributed by atoms with E-state index in [9.17, 15) is 9.18 Å². The fourth-order valence-electron chi connectivity index (χ4n) is 4.57. The molecule has 1 aliphatic rings. The van der Waals surface area contributed by atoms with E-state index in [2.05, 4.69) is 37.8 Å². The van der Waals surface area contributed by atoms with Crippen molar-refractivity contribution >= 4 is 24.9 Å². The van der Waals surface area contributed by atoms with Crippen LogP contribution in [0.5, 0.6) is 5.75 Å². The van der Waals surface area contributed by atoms with Gasteiger partial charge in [0.25, 0.3) is 0 Å². The molecule has 1 amide bonds. The van der Waals surface area contributed by atoms with E-state index in [0.717, 1.165) is 40.1 Å². The Morgan fingerprint density at radius 1 is 1.03 bits per heavy atom. The zero-order valence-electron chi connectivity index (χ0n) is 21.6. The Morgan fingerprint density at radius 2 is 1.78 bits per heavy atom. The van der Waals surface area contributed by atoms with Gasteiger partial charge in [0.1, 0.15) is 11.6 Å². The molecule has 0 aromatic heterocycles. The van der Waals surface area contributed by atoms with E-state index >= 15 is 0 Å². The van der Waals surface area contributed by atoms with Crippen LogP contribution in [-0.4, -0.2) is 52.0 Å². The molecule has 0 aliphatic carbocycles. The van der Waals surface area contributed by atoms with Crippen molar-refractivity contribution in [1.29, 1.82) is 0 Å². The molecular formula is C29H36FNO4Si. The van der Waals surface area contributed by atoms with Crippen LogP contribution >= 0.6 is 0 Å². The predicted molar refractivity (Wildman–Crippen MR) is 144 cm³/mol. The second-order valence-corrected chi connectivity index (χ2v) is 16.3. The molecule has 36 heavy (non-hydrogen) atoms. The van der Waals surface area contributed by atoms with Gasteiger partial charge in [-0.25, -0.2) is 9.18 Å². The Morgan fingerprint density at radius 3 is 2.50 bits per heavy atom. The summed E-state index contributed by atoms with van der Waals surface area (Å²) < 4.78 is 31.0. The van der Waals surface area contributed by atoms with Crippen molar-refractivity contribution in [1.82, 2.24) is 4.90 Å². The second kappa shape index (κ2) is 11.4. The summed E-state index contributed by atoms with van der Waals surface area (Å²) >= 11 is 0. The Hall–Kier alpha value is -2.90. The van der Waals surface area contributed by atoms with E-state index < -0.39 is 8.07 Å². The van der Waals surface area contributed by atoms with Crippen molar-refractivity contribution in [3.8, 4) is 5.75 Å². The van der Waals surface area contributed by atoms with E-state index in [-0.39, 0.29) is 23.9 Å². The van der Waals surface area contributed by atoms with Crippen LogP contribution in [0.25, 0.3) is 10.8 Å². The van der Waals surface area contributed by atoms with Crippen LogP contribution < -0.4 is 4.74 Å². The minimum atomic E-state index is -1.28. The average Bonchev–Trinajstić information content (AvgIpc) is 2.86. The lowest BCUT2D eigenvalue weighted by Crippen LogP contribution is -2.47. The number of amides is 1. The summed E-state index contributed by atoms with van der Waals surface area (Å²) in [4.78, 5) is 14.6. The monoisotopic (exact) mass is 509 g/mol. The van der Waals surface area contributed by atoms with Crippen LogP contribution in [0.15, 0.2) is 60.7 Å². The Labute approximate surface area is 214 Å². The number of hydrogen-bond donors (Lipinski definition) is 0. The lowest BCUT2D eigenvalue weighted by molar-refractivity contribution is -0.0233. The third kappa shape index (κ3) is 6.86. The molecule has 0 radical (unpaired) electrons. The summed E-state index contributed by atoms with van der Waals surface area (Å²) in [6.45, 7) is 8.69. The molecular weight excluding hydrogens is 473 g/mol. The maximum absolute atomic E-state index is 13.6. The van der Waals surface area contributed by atoms with Gasteiger partial charge in [-0.05, 0) is 64.7 Å². The van der Waals surface area contributed by atoms with Gasteiger partial charge < -0.3 is 19.1 Å². The third-order valence-corrected chi connectivity index (χ3v) is 8.47. The average molecular weight is 510 g/mol. The highest BCUT2D eigenvalue weighted by Gasteiger charge is 2.34. The van der Waals surface area contributed by atoms with E-state index in [1.807, 2.05) is 30.3 Å². The van der Waals surface area contributed by atoms with Crippen LogP contribution in [0.3, 0.4) is 0 Å². The molecule has 2 atom stereocenters. The molecule has 3 aromatic carbocycles. The number of benzene rings is 3. The summed E-state index contributed by atoms with van der Waals surface area (Å²) in [5.74, 6) is 0.621. The standard InChI is InChI=1S/C29H36FNO4Si/c1-33-26-12-9-22-6-5-21(17-24(22)18-26)20-35-28-19-31(29(32)34-15-16-36(2,3)4)14-13-27(28)23-7-10-25(30)11-8-23/h5-12,17-18,27-28H,13-16,19-20H2,1-4H3. The van der Waals surface area contributed by atoms with Crippen LogP contribution in [0.1, 0.15) is 23.5 Å². The molecule has 7 heteroatoms. The van der Waals surface area contributed by atoms with Crippen molar-refractivity contribution in [2.45, 2.75) is 50.7 Å². The molecule has 0 bridgehead atoms. The second-order valence-electron chi connectivity index (χ2n) is 10.7. The lowest BCUT2D eigenvalue weighted by atomic mass is 9.87. The molecule has 4 rings (SSSR count). The number of nitrogens with zero attached hydrogens (tertiary/aromatic N) is 1. The number of piperidine rings is 1. The van der Waals surface area contributed by atoms with Crippen molar-refractivity contribution in [2.75, 3.05) is 26.8 Å². The molecule has 192 valence electrons. The minimum Gasteiger partial charge on any atom is -0.497 e. The van der Waals surface area contributed by atoms with Crippen LogP contribution in [-0.2, 0) is 16.1 Å². The molecule has 1 saturated heterocycles. The Kier molecular flexibility index (Phi) is 8.31. The number of fused-ring (bicyclic) bond motifs is 1. The third-order valence-electron chi connectivity index (χ3n) is 6.77. The van der Waals surface area contributed by atoms with E-state index in [0.29, 0.717) is 26.3 Å². The smallest absolute Gasteiger partial charge is 0.409 e. The summed E-state index contributed by atoms with van der Waals surface area (Å²) in [7, 11) is 0.380. The molecule has 1 heterocycles. The maximum Gasteiger partial charge on any atom is 0.409 e. The number of rotatable bonds is 8. The van der Waals surface area contributed by atoms with Crippen LogP contribution in [0, 0.1) is 5.82 Å². The summed E-state index contributed by atoms with van der Waals surface area (Å²) in [6.07, 6.45) is 0.223. The van der Waals surface area contributed by atoms with Crippen molar-refractivity contribution in [2.24, 2.45) is 0 Å². The Bertz CT molecular complexity index is 1180. The quantitative estimate of drug-likeness (QED) is 0.312. The highest BCUT2D eigenvalue weighted by atomic mass is 28.3. The van der Waals surface area contributed by atoms with Crippen molar-refractivity contribution in [3.63, 3.8) is 0 Å². The highest BCUT2D eigenvalue weighted by Crippen LogP contribution is 2.32. The molecule has 1 aliphatic heterocycles. The van der Waals surface area contributed by atoms with E-state index in [4.69, 9.17) is 14.2 Å². The molecule has 5 nitrogen and oxygen atoms in total. The lowest BCUT2D eigenvalue weighted by Gasteiger charge is -2.38. The van der Waals surface area contributed by atoms with Gasteiger partial charge in [-0.2, -0.15) is 0 Å². The molecule has 0 N–H and O–H groups in total. The maximum atomic E-state index is 13.6. The number of carbonyl (C=O) groups excluding carboxylic acids is 1. The van der Waals surface area contributed by atoms with Crippen LogP contribution in [0.4, 0.5) is 9.18 Å². The number of hydrogen-bond acceptors (Lipinski definition) is 4. The zero-order valence-corrected chi connectivity index (χ0v) is 22.6. The number of likely N-dealkylation sites (tertiary alicyclic amines) is 1. The molecule has 1 fully saturated rings. The van der Waals surface area contributed by atoms with Gasteiger partial charge in [0, 0.05) is 20.5 Å². The molecule has 0 saturated carbocycles. The van der Waals surface area contributed by atoms with Gasteiger partial charge in [0.15, 0.2) is 0 Å². The molecule has 2 unspecified atom stereocenters. The summed E-state index contributed by atoms with van der Waals surface area (Å²) in [5.41, 5.74) is 2.07. The van der Waals surface area contributed by atoms with Gasteiger partial charge in [-0.3, -0.25) is 0 Å². The van der Waals surface area contributed by atoms with E-state index in [1.165, 1.54) is 12.1 Å². The summed E-state index contributed by atoms with van der Waals surface area (Å²) in [6, 6.07) is 19.8. The van der Waals surface area contributed by atoms with E-state index in [1.54, 1.807) is 12.0 Å². The highest BCUT2D eigenvalue weighted by molar-refractivity contribution is 6.76. The van der Waals surface area contributed by atoms with Crippen molar-refractivity contribution in [3.05, 3.63) is 77.6 Å². The fraction of sp³-hybridized carbons (Fsp3) is 0.414. The van der Waals surface area contributed by atoms with Gasteiger partial charge in [0.2, 0.25) is 0 Å². The summed E-state index contributed by atoms with van der Waals surface area (Å²) in [5, 5.41) is 2.22. The number of halogens is 1. The minimum absolute atomic E-state index is 0.0668. The Balaban J connectivity index is 1.47. The SMILES string of the molecule is COc1ccc2ccc(COC3CN(C(=O)OCC[Si](C)(C)C)CCC3c3ccc(F)cc3)cc2c1.